The molecule has 2 aromatic rings. The number of rotatable bonds is 5. The van der Waals surface area contributed by atoms with Crippen LogP contribution in [0.25, 0.3) is 0 Å². The number of methoxy groups -OCH3 is 1. The van der Waals surface area contributed by atoms with E-state index in [1.54, 1.807) is 12.1 Å². The number of nitrogens with zero attached hydrogens (tertiary/aromatic N) is 1. The Balaban J connectivity index is 1.94. The zero-order chi connectivity index (χ0) is 20.3. The van der Waals surface area contributed by atoms with Crippen LogP contribution in [0.4, 0.5) is 5.69 Å². The van der Waals surface area contributed by atoms with Crippen molar-refractivity contribution in [1.82, 2.24) is 4.31 Å². The molecule has 3 rings (SSSR count). The molecular weight excluding hydrogens is 376 g/mol. The number of sulfonamides is 1. The van der Waals surface area contributed by atoms with Crippen LogP contribution in [-0.2, 0) is 10.0 Å². The highest BCUT2D eigenvalue weighted by Crippen LogP contribution is 2.32. The first kappa shape index (κ1) is 20.4. The third kappa shape index (κ3) is 4.20. The van der Waals surface area contributed by atoms with Gasteiger partial charge in [0, 0.05) is 23.8 Å². The minimum atomic E-state index is -3.76. The van der Waals surface area contributed by atoms with E-state index in [0.29, 0.717) is 12.2 Å². The second-order valence-corrected chi connectivity index (χ2v) is 9.01. The first-order valence-corrected chi connectivity index (χ1v) is 10.8. The maximum absolute atomic E-state index is 13.3. The predicted octanol–water partition coefficient (Wildman–Crippen LogP) is 3.82. The van der Waals surface area contributed by atoms with Gasteiger partial charge >= 0.3 is 0 Å². The lowest BCUT2D eigenvalue weighted by Crippen LogP contribution is -2.42. The molecule has 1 atom stereocenters. The number of carbonyl (C=O) groups is 1. The summed E-state index contributed by atoms with van der Waals surface area (Å²) in [6.07, 6.45) is 2.68. The van der Waals surface area contributed by atoms with Crippen LogP contribution in [0, 0.1) is 6.92 Å². The standard InChI is InChI=1S/C21H26N2O4S/c1-15-7-6-9-18(13-15)22-21(24)17-10-11-19(27-3)20(14-17)28(25,26)23-12-5-4-8-16(23)2/h6-7,9-11,13-14,16H,4-5,8,12H2,1-3H3,(H,22,24). The lowest BCUT2D eigenvalue weighted by molar-refractivity contribution is 0.102. The number of hydrogen-bond donors (Lipinski definition) is 1. The van der Waals surface area contributed by atoms with E-state index in [1.165, 1.54) is 23.5 Å². The Morgan fingerprint density at radius 1 is 1.18 bits per heavy atom. The second-order valence-electron chi connectivity index (χ2n) is 7.15. The zero-order valence-corrected chi connectivity index (χ0v) is 17.3. The molecule has 6 nitrogen and oxygen atoms in total. The van der Waals surface area contributed by atoms with Crippen molar-refractivity contribution in [2.45, 2.75) is 44.0 Å². The summed E-state index contributed by atoms with van der Waals surface area (Å²) >= 11 is 0. The number of amides is 1. The Morgan fingerprint density at radius 3 is 2.64 bits per heavy atom. The molecule has 0 radical (unpaired) electrons. The quantitative estimate of drug-likeness (QED) is 0.825. The van der Waals surface area contributed by atoms with E-state index in [1.807, 2.05) is 32.0 Å². The molecule has 1 amide bonds. The van der Waals surface area contributed by atoms with Gasteiger partial charge in [-0.05, 0) is 62.6 Å². The second kappa shape index (κ2) is 8.32. The van der Waals surface area contributed by atoms with Crippen molar-refractivity contribution < 1.29 is 17.9 Å². The average Bonchev–Trinajstić information content (AvgIpc) is 2.67. The average molecular weight is 403 g/mol. The molecule has 1 saturated heterocycles. The molecule has 0 aromatic heterocycles. The highest BCUT2D eigenvalue weighted by molar-refractivity contribution is 7.89. The molecule has 1 fully saturated rings. The van der Waals surface area contributed by atoms with Crippen LogP contribution in [-0.4, -0.2) is 38.3 Å². The molecule has 0 saturated carbocycles. The zero-order valence-electron chi connectivity index (χ0n) is 16.4. The van der Waals surface area contributed by atoms with Crippen LogP contribution in [0.15, 0.2) is 47.4 Å². The number of ether oxygens (including phenoxy) is 1. The van der Waals surface area contributed by atoms with Crippen LogP contribution >= 0.6 is 0 Å². The van der Waals surface area contributed by atoms with Crippen molar-refractivity contribution in [3.63, 3.8) is 0 Å². The number of carbonyl (C=O) groups excluding carboxylic acids is 1. The summed E-state index contributed by atoms with van der Waals surface area (Å²) in [6, 6.07) is 11.9. The van der Waals surface area contributed by atoms with Gasteiger partial charge < -0.3 is 10.1 Å². The molecule has 7 heteroatoms. The van der Waals surface area contributed by atoms with Crippen molar-refractivity contribution in [2.75, 3.05) is 19.0 Å². The van der Waals surface area contributed by atoms with Gasteiger partial charge in [0.2, 0.25) is 10.0 Å². The highest BCUT2D eigenvalue weighted by atomic mass is 32.2. The molecule has 1 unspecified atom stereocenters. The van der Waals surface area contributed by atoms with Crippen molar-refractivity contribution in [1.29, 1.82) is 0 Å². The molecule has 1 N–H and O–H groups in total. The Morgan fingerprint density at radius 2 is 1.96 bits per heavy atom. The third-order valence-electron chi connectivity index (χ3n) is 5.03. The molecule has 0 aliphatic carbocycles. The van der Waals surface area contributed by atoms with Gasteiger partial charge in [-0.15, -0.1) is 0 Å². The molecule has 2 aromatic carbocycles. The lowest BCUT2D eigenvalue weighted by atomic mass is 10.1. The topological polar surface area (TPSA) is 75.7 Å². The molecule has 1 heterocycles. The van der Waals surface area contributed by atoms with Gasteiger partial charge in [0.25, 0.3) is 5.91 Å². The molecule has 150 valence electrons. The fraction of sp³-hybridized carbons (Fsp3) is 0.381. The monoisotopic (exact) mass is 402 g/mol. The van der Waals surface area contributed by atoms with Crippen LogP contribution in [0.3, 0.4) is 0 Å². The summed E-state index contributed by atoms with van der Waals surface area (Å²) in [7, 11) is -2.33. The first-order valence-electron chi connectivity index (χ1n) is 9.41. The van der Waals surface area contributed by atoms with Crippen molar-refractivity contribution in [3.05, 3.63) is 53.6 Å². The SMILES string of the molecule is COc1ccc(C(=O)Nc2cccc(C)c2)cc1S(=O)(=O)N1CCCCC1C. The van der Waals surface area contributed by atoms with E-state index < -0.39 is 10.0 Å². The van der Waals surface area contributed by atoms with E-state index in [0.717, 1.165) is 24.8 Å². The normalized spacial score (nSPS) is 17.9. The Labute approximate surface area is 166 Å². The van der Waals surface area contributed by atoms with Crippen LogP contribution in [0.2, 0.25) is 0 Å². The van der Waals surface area contributed by atoms with Gasteiger partial charge in [0.15, 0.2) is 0 Å². The summed E-state index contributed by atoms with van der Waals surface area (Å²) in [5.41, 5.74) is 1.95. The first-order chi connectivity index (χ1) is 13.3. The fourth-order valence-electron chi connectivity index (χ4n) is 3.50. The van der Waals surface area contributed by atoms with E-state index in [4.69, 9.17) is 4.74 Å². The minimum Gasteiger partial charge on any atom is -0.495 e. The van der Waals surface area contributed by atoms with Crippen LogP contribution < -0.4 is 10.1 Å². The predicted molar refractivity (Wildman–Crippen MR) is 109 cm³/mol. The summed E-state index contributed by atoms with van der Waals surface area (Å²) in [5.74, 6) is -0.124. The Hall–Kier alpha value is -2.38. The summed E-state index contributed by atoms with van der Waals surface area (Å²) in [5, 5.41) is 2.82. The lowest BCUT2D eigenvalue weighted by Gasteiger charge is -2.32. The smallest absolute Gasteiger partial charge is 0.255 e. The maximum atomic E-state index is 13.3. The van der Waals surface area contributed by atoms with E-state index in [-0.39, 0.29) is 28.2 Å². The Bertz CT molecular complexity index is 972. The molecule has 0 spiro atoms. The van der Waals surface area contributed by atoms with Crippen molar-refractivity contribution in [3.8, 4) is 5.75 Å². The van der Waals surface area contributed by atoms with Gasteiger partial charge in [-0.1, -0.05) is 18.6 Å². The van der Waals surface area contributed by atoms with Gasteiger partial charge in [0.05, 0.1) is 7.11 Å². The number of benzene rings is 2. The number of nitrogens with one attached hydrogen (secondary N) is 1. The minimum absolute atomic E-state index is 0.0284. The van der Waals surface area contributed by atoms with E-state index in [2.05, 4.69) is 5.32 Å². The number of piperidine rings is 1. The number of aryl methyl sites for hydroxylation is 1. The molecule has 1 aliphatic rings. The largest absolute Gasteiger partial charge is 0.495 e. The maximum Gasteiger partial charge on any atom is 0.255 e. The van der Waals surface area contributed by atoms with Gasteiger partial charge in [-0.3, -0.25) is 4.79 Å². The van der Waals surface area contributed by atoms with Gasteiger partial charge in [-0.2, -0.15) is 4.31 Å². The third-order valence-corrected chi connectivity index (χ3v) is 7.07. The fourth-order valence-corrected chi connectivity index (χ4v) is 5.38. The molecule has 28 heavy (non-hydrogen) atoms. The number of hydrogen-bond acceptors (Lipinski definition) is 4. The summed E-state index contributed by atoms with van der Waals surface area (Å²) in [4.78, 5) is 12.7. The Kier molecular flexibility index (Phi) is 6.05. The van der Waals surface area contributed by atoms with Crippen molar-refractivity contribution in [2.24, 2.45) is 0 Å². The van der Waals surface area contributed by atoms with Gasteiger partial charge in [0.1, 0.15) is 10.6 Å². The van der Waals surface area contributed by atoms with E-state index in [9.17, 15) is 13.2 Å². The summed E-state index contributed by atoms with van der Waals surface area (Å²) in [6.45, 7) is 4.33. The highest BCUT2D eigenvalue weighted by Gasteiger charge is 2.33. The van der Waals surface area contributed by atoms with Crippen molar-refractivity contribution >= 4 is 21.6 Å². The molecular formula is C21H26N2O4S. The molecule has 1 aliphatic heterocycles. The summed E-state index contributed by atoms with van der Waals surface area (Å²) < 4.78 is 33.3. The van der Waals surface area contributed by atoms with Crippen LogP contribution in [0.5, 0.6) is 5.75 Å². The number of anilines is 1. The molecule has 0 bridgehead atoms. The van der Waals surface area contributed by atoms with E-state index >= 15 is 0 Å². The van der Waals surface area contributed by atoms with Crippen LogP contribution in [0.1, 0.15) is 42.1 Å². The van der Waals surface area contributed by atoms with Gasteiger partial charge in [-0.25, -0.2) is 8.42 Å².